The van der Waals surface area contributed by atoms with Gasteiger partial charge in [-0.15, -0.1) is 0 Å². The van der Waals surface area contributed by atoms with Gasteiger partial charge in [-0.25, -0.2) is 5.43 Å². The fraction of sp³-hybridized carbons (Fsp3) is 0.0526. The van der Waals surface area contributed by atoms with Crippen molar-refractivity contribution < 1.29 is 19.1 Å². The molecule has 30 heavy (non-hydrogen) atoms. The van der Waals surface area contributed by atoms with Crippen molar-refractivity contribution in [1.29, 1.82) is 0 Å². The molecular formula is C19H13ClN4O6. The zero-order chi connectivity index (χ0) is 21.7. The number of halogens is 1. The van der Waals surface area contributed by atoms with Gasteiger partial charge in [-0.05, 0) is 23.8 Å². The molecule has 152 valence electrons. The van der Waals surface area contributed by atoms with Gasteiger partial charge in [0, 0.05) is 29.8 Å². The summed E-state index contributed by atoms with van der Waals surface area (Å²) in [5.74, 6) is 0.300. The lowest BCUT2D eigenvalue weighted by molar-refractivity contribution is -0.385. The Kier molecular flexibility index (Phi) is 6.18. The average molecular weight is 429 g/mol. The Morgan fingerprint density at radius 3 is 2.33 bits per heavy atom. The topological polar surface area (TPSA) is 141 Å². The highest BCUT2D eigenvalue weighted by Gasteiger charge is 2.13. The quantitative estimate of drug-likeness (QED) is 0.341. The van der Waals surface area contributed by atoms with Gasteiger partial charge < -0.3 is 4.42 Å². The molecule has 0 unspecified atom stereocenters. The smallest absolute Gasteiger partial charge is 0.270 e. The summed E-state index contributed by atoms with van der Waals surface area (Å²) in [6.07, 6.45) is 1.29. The van der Waals surface area contributed by atoms with Gasteiger partial charge in [0.05, 0.1) is 27.5 Å². The first kappa shape index (κ1) is 20.7. The Morgan fingerprint density at radius 2 is 1.70 bits per heavy atom. The number of amides is 1. The first-order valence-electron chi connectivity index (χ1n) is 8.43. The van der Waals surface area contributed by atoms with E-state index in [1.54, 1.807) is 12.1 Å². The number of nitro groups is 2. The van der Waals surface area contributed by atoms with Crippen LogP contribution in [0.5, 0.6) is 0 Å². The number of hydrogen-bond donors (Lipinski definition) is 1. The zero-order valence-electron chi connectivity index (χ0n) is 15.1. The van der Waals surface area contributed by atoms with Crippen molar-refractivity contribution >= 4 is 35.1 Å². The van der Waals surface area contributed by atoms with Gasteiger partial charge in [0.1, 0.15) is 11.5 Å². The number of furan rings is 1. The lowest BCUT2D eigenvalue weighted by Gasteiger charge is -2.01. The van der Waals surface area contributed by atoms with Gasteiger partial charge in [0.2, 0.25) is 5.91 Å². The van der Waals surface area contributed by atoms with Gasteiger partial charge in [-0.1, -0.05) is 23.7 Å². The second-order valence-corrected chi connectivity index (χ2v) is 6.42. The fourth-order valence-electron chi connectivity index (χ4n) is 2.51. The summed E-state index contributed by atoms with van der Waals surface area (Å²) in [7, 11) is 0. The third-order valence-corrected chi connectivity index (χ3v) is 4.26. The van der Waals surface area contributed by atoms with Gasteiger partial charge in [-0.3, -0.25) is 25.0 Å². The fourth-order valence-corrected chi connectivity index (χ4v) is 2.78. The number of nitrogens with zero attached hydrogens (tertiary/aromatic N) is 3. The molecule has 0 aliphatic carbocycles. The number of hydrazone groups is 1. The van der Waals surface area contributed by atoms with Crippen LogP contribution in [0, 0.1) is 20.2 Å². The maximum absolute atomic E-state index is 11.9. The van der Waals surface area contributed by atoms with Gasteiger partial charge in [0.15, 0.2) is 0 Å². The molecule has 1 aromatic heterocycles. The van der Waals surface area contributed by atoms with E-state index in [0.717, 1.165) is 0 Å². The predicted molar refractivity (Wildman–Crippen MR) is 108 cm³/mol. The van der Waals surface area contributed by atoms with Gasteiger partial charge >= 0.3 is 0 Å². The Morgan fingerprint density at radius 1 is 1.03 bits per heavy atom. The minimum atomic E-state index is -0.546. The highest BCUT2D eigenvalue weighted by Crippen LogP contribution is 2.32. The molecule has 0 bridgehead atoms. The largest absolute Gasteiger partial charge is 0.455 e. The van der Waals surface area contributed by atoms with Crippen LogP contribution >= 0.6 is 11.6 Å². The molecule has 1 N–H and O–H groups in total. The second kappa shape index (κ2) is 8.97. The van der Waals surface area contributed by atoms with Crippen molar-refractivity contribution in [3.63, 3.8) is 0 Å². The maximum atomic E-state index is 11.9. The molecule has 0 spiro atoms. The molecule has 3 rings (SSSR count). The van der Waals surface area contributed by atoms with Crippen LogP contribution in [0.3, 0.4) is 0 Å². The molecule has 2 aromatic carbocycles. The zero-order valence-corrected chi connectivity index (χ0v) is 15.9. The summed E-state index contributed by atoms with van der Waals surface area (Å²) < 4.78 is 5.57. The SMILES string of the molecule is O=C(Cc1ccc([N+](=O)[O-])cc1)N/N=C\c1ccc(-c2ccc([N+](=O)[O-])cc2Cl)o1. The molecule has 1 amide bonds. The second-order valence-electron chi connectivity index (χ2n) is 6.02. The molecule has 0 atom stereocenters. The molecule has 0 radical (unpaired) electrons. The Bertz CT molecular complexity index is 1140. The van der Waals surface area contributed by atoms with Gasteiger partial charge in [-0.2, -0.15) is 5.10 Å². The van der Waals surface area contributed by atoms with E-state index >= 15 is 0 Å². The summed E-state index contributed by atoms with van der Waals surface area (Å²) in [5, 5.41) is 25.4. The molecule has 11 heteroatoms. The summed E-state index contributed by atoms with van der Waals surface area (Å²) >= 11 is 6.07. The number of benzene rings is 2. The summed E-state index contributed by atoms with van der Waals surface area (Å²) in [4.78, 5) is 32.3. The van der Waals surface area contributed by atoms with E-state index in [0.29, 0.717) is 22.6 Å². The minimum absolute atomic E-state index is 0.00284. The average Bonchev–Trinajstić information content (AvgIpc) is 3.16. The molecule has 0 saturated heterocycles. The molecule has 10 nitrogen and oxygen atoms in total. The van der Waals surface area contributed by atoms with Crippen molar-refractivity contribution in [3.8, 4) is 11.3 Å². The first-order valence-corrected chi connectivity index (χ1v) is 8.80. The van der Waals surface area contributed by atoms with E-state index in [1.165, 1.54) is 48.7 Å². The number of hydrogen-bond acceptors (Lipinski definition) is 7. The van der Waals surface area contributed by atoms with Crippen LogP contribution in [-0.2, 0) is 11.2 Å². The third-order valence-electron chi connectivity index (χ3n) is 3.95. The molecule has 0 saturated carbocycles. The monoisotopic (exact) mass is 428 g/mol. The van der Waals surface area contributed by atoms with Crippen molar-refractivity contribution in [3.05, 3.63) is 91.2 Å². The van der Waals surface area contributed by atoms with Crippen LogP contribution < -0.4 is 5.43 Å². The highest BCUT2D eigenvalue weighted by molar-refractivity contribution is 6.33. The number of nitrogens with one attached hydrogen (secondary N) is 1. The molecule has 3 aromatic rings. The summed E-state index contributed by atoms with van der Waals surface area (Å²) in [6, 6.07) is 12.9. The lowest BCUT2D eigenvalue weighted by atomic mass is 10.1. The van der Waals surface area contributed by atoms with Crippen molar-refractivity contribution in [2.45, 2.75) is 6.42 Å². The molecule has 1 heterocycles. The highest BCUT2D eigenvalue weighted by atomic mass is 35.5. The predicted octanol–water partition coefficient (Wildman–Crippen LogP) is 4.11. The van der Waals surface area contributed by atoms with Crippen molar-refractivity contribution in [2.24, 2.45) is 5.10 Å². The van der Waals surface area contributed by atoms with E-state index in [-0.39, 0.29) is 22.8 Å². The number of carbonyl (C=O) groups is 1. The van der Waals surface area contributed by atoms with E-state index in [9.17, 15) is 25.0 Å². The van der Waals surface area contributed by atoms with Crippen LogP contribution in [0.4, 0.5) is 11.4 Å². The summed E-state index contributed by atoms with van der Waals surface area (Å²) in [6.45, 7) is 0. The standard InChI is InChI=1S/C19H13ClN4O6/c20-17-10-14(24(28)29)5-7-16(17)18-8-6-15(30-18)11-21-22-19(25)9-12-1-3-13(4-2-12)23(26)27/h1-8,10-11H,9H2,(H,22,25)/b21-11-. The number of non-ortho nitro benzene ring substituents is 2. The van der Waals surface area contributed by atoms with E-state index in [1.807, 2.05) is 0 Å². The Hall–Kier alpha value is -4.05. The minimum Gasteiger partial charge on any atom is -0.455 e. The van der Waals surface area contributed by atoms with Crippen LogP contribution in [-0.4, -0.2) is 22.0 Å². The van der Waals surface area contributed by atoms with Crippen LogP contribution in [0.1, 0.15) is 11.3 Å². The van der Waals surface area contributed by atoms with Crippen molar-refractivity contribution in [1.82, 2.24) is 5.43 Å². The summed E-state index contributed by atoms with van der Waals surface area (Å²) in [5.41, 5.74) is 3.22. The molecule has 0 aliphatic heterocycles. The van der Waals surface area contributed by atoms with Crippen LogP contribution in [0.15, 0.2) is 64.1 Å². The number of rotatable bonds is 7. The maximum Gasteiger partial charge on any atom is 0.270 e. The molecular weight excluding hydrogens is 416 g/mol. The Labute approximate surface area is 174 Å². The molecule has 0 fully saturated rings. The van der Waals surface area contributed by atoms with Crippen LogP contribution in [0.2, 0.25) is 5.02 Å². The normalized spacial score (nSPS) is 10.8. The van der Waals surface area contributed by atoms with E-state index < -0.39 is 15.8 Å². The number of nitro benzene ring substituents is 2. The van der Waals surface area contributed by atoms with Gasteiger partial charge in [0.25, 0.3) is 11.4 Å². The van der Waals surface area contributed by atoms with E-state index in [4.69, 9.17) is 16.0 Å². The van der Waals surface area contributed by atoms with Crippen molar-refractivity contribution in [2.75, 3.05) is 0 Å². The third kappa shape index (κ3) is 5.06. The lowest BCUT2D eigenvalue weighted by Crippen LogP contribution is -2.19. The van der Waals surface area contributed by atoms with Crippen LogP contribution in [0.25, 0.3) is 11.3 Å². The van der Waals surface area contributed by atoms with E-state index in [2.05, 4.69) is 10.5 Å². The molecule has 0 aliphatic rings. The number of carbonyl (C=O) groups excluding carboxylic acids is 1. The first-order chi connectivity index (χ1) is 14.3. The Balaban J connectivity index is 1.59.